The van der Waals surface area contributed by atoms with Crippen molar-refractivity contribution in [1.29, 1.82) is 0 Å². The van der Waals surface area contributed by atoms with E-state index in [1.165, 1.54) is 24.3 Å². The second kappa shape index (κ2) is 9.71. The van der Waals surface area contributed by atoms with Gasteiger partial charge in [0.15, 0.2) is 0 Å². The average molecular weight is 431 g/mol. The SMILES string of the molecule is O=C(Cc1cccs1)N1CCOC(CN(C(=O)c2ccc(F)cc2)C2CCCC2)C1. The highest BCUT2D eigenvalue weighted by Crippen LogP contribution is 2.26. The molecule has 1 aliphatic carbocycles. The number of hydrogen-bond acceptors (Lipinski definition) is 4. The minimum Gasteiger partial charge on any atom is -0.373 e. The van der Waals surface area contributed by atoms with Crippen LogP contribution in [0.25, 0.3) is 0 Å². The van der Waals surface area contributed by atoms with Crippen LogP contribution in [0.2, 0.25) is 0 Å². The molecule has 2 aliphatic rings. The van der Waals surface area contributed by atoms with Gasteiger partial charge < -0.3 is 14.5 Å². The fraction of sp³-hybridized carbons (Fsp3) is 0.478. The summed E-state index contributed by atoms with van der Waals surface area (Å²) in [5, 5.41) is 1.98. The predicted octanol–water partition coefficient (Wildman–Crippen LogP) is 3.74. The van der Waals surface area contributed by atoms with Crippen molar-refractivity contribution in [2.24, 2.45) is 0 Å². The maximum Gasteiger partial charge on any atom is 0.254 e. The summed E-state index contributed by atoms with van der Waals surface area (Å²) in [5.74, 6) is -0.343. The third-order valence-electron chi connectivity index (χ3n) is 5.91. The van der Waals surface area contributed by atoms with Gasteiger partial charge in [-0.15, -0.1) is 11.3 Å². The molecule has 160 valence electrons. The van der Waals surface area contributed by atoms with E-state index in [1.54, 1.807) is 11.3 Å². The number of halogens is 1. The number of nitrogens with zero attached hydrogens (tertiary/aromatic N) is 2. The number of carbonyl (C=O) groups excluding carboxylic acids is 2. The Morgan fingerprint density at radius 2 is 1.93 bits per heavy atom. The van der Waals surface area contributed by atoms with E-state index in [0.717, 1.165) is 30.6 Å². The van der Waals surface area contributed by atoms with Crippen LogP contribution >= 0.6 is 11.3 Å². The summed E-state index contributed by atoms with van der Waals surface area (Å²) >= 11 is 1.59. The molecule has 1 aromatic heterocycles. The Labute approximate surface area is 180 Å². The second-order valence-electron chi connectivity index (χ2n) is 7.99. The summed E-state index contributed by atoms with van der Waals surface area (Å²) in [6.07, 6.45) is 4.35. The summed E-state index contributed by atoms with van der Waals surface area (Å²) in [4.78, 5) is 30.7. The van der Waals surface area contributed by atoms with Crippen molar-refractivity contribution in [2.75, 3.05) is 26.2 Å². The lowest BCUT2D eigenvalue weighted by molar-refractivity contribution is -0.138. The second-order valence-corrected chi connectivity index (χ2v) is 9.02. The molecular formula is C23H27FN2O3S. The fourth-order valence-corrected chi connectivity index (χ4v) is 5.02. The molecule has 1 saturated carbocycles. The number of morpholine rings is 1. The van der Waals surface area contributed by atoms with Crippen LogP contribution in [0.4, 0.5) is 4.39 Å². The largest absolute Gasteiger partial charge is 0.373 e. The zero-order valence-corrected chi connectivity index (χ0v) is 17.8. The summed E-state index contributed by atoms with van der Waals surface area (Å²) in [7, 11) is 0. The number of amides is 2. The molecule has 2 fully saturated rings. The minimum atomic E-state index is -0.352. The van der Waals surface area contributed by atoms with E-state index in [0.29, 0.717) is 38.2 Å². The number of rotatable bonds is 6. The Kier molecular flexibility index (Phi) is 6.79. The third kappa shape index (κ3) is 5.08. The van der Waals surface area contributed by atoms with E-state index >= 15 is 0 Å². The van der Waals surface area contributed by atoms with Crippen LogP contribution in [0.1, 0.15) is 40.9 Å². The van der Waals surface area contributed by atoms with Crippen molar-refractivity contribution in [3.8, 4) is 0 Å². The van der Waals surface area contributed by atoms with Crippen molar-refractivity contribution in [3.05, 3.63) is 58.0 Å². The third-order valence-corrected chi connectivity index (χ3v) is 6.79. The van der Waals surface area contributed by atoms with Gasteiger partial charge in [0.05, 0.1) is 19.1 Å². The van der Waals surface area contributed by atoms with Gasteiger partial charge in [-0.1, -0.05) is 18.9 Å². The van der Waals surface area contributed by atoms with Crippen LogP contribution in [-0.2, 0) is 16.0 Å². The Hall–Kier alpha value is -2.25. The van der Waals surface area contributed by atoms with Crippen LogP contribution in [0.3, 0.4) is 0 Å². The lowest BCUT2D eigenvalue weighted by Gasteiger charge is -2.38. The summed E-state index contributed by atoms with van der Waals surface area (Å²) in [5.41, 5.74) is 0.490. The van der Waals surface area contributed by atoms with Crippen molar-refractivity contribution >= 4 is 23.2 Å². The molecule has 0 N–H and O–H groups in total. The van der Waals surface area contributed by atoms with Gasteiger partial charge in [0.25, 0.3) is 5.91 Å². The van der Waals surface area contributed by atoms with E-state index in [1.807, 2.05) is 27.3 Å². The number of ether oxygens (including phenoxy) is 1. The molecule has 4 rings (SSSR count). The van der Waals surface area contributed by atoms with Gasteiger partial charge in [-0.25, -0.2) is 4.39 Å². The molecule has 1 atom stereocenters. The first-order valence-corrected chi connectivity index (χ1v) is 11.5. The van der Waals surface area contributed by atoms with E-state index in [-0.39, 0.29) is 29.8 Å². The van der Waals surface area contributed by atoms with Gasteiger partial charge in [-0.3, -0.25) is 9.59 Å². The highest BCUT2D eigenvalue weighted by Gasteiger charge is 2.32. The summed E-state index contributed by atoms with van der Waals surface area (Å²) in [6, 6.07) is 9.82. The molecule has 1 aliphatic heterocycles. The Bertz CT molecular complexity index is 850. The minimum absolute atomic E-state index is 0.0902. The summed E-state index contributed by atoms with van der Waals surface area (Å²) < 4.78 is 19.2. The monoisotopic (exact) mass is 430 g/mol. The molecule has 7 heteroatoms. The molecule has 1 saturated heterocycles. The molecular weight excluding hydrogens is 403 g/mol. The van der Waals surface area contributed by atoms with Crippen molar-refractivity contribution in [2.45, 2.75) is 44.2 Å². The molecule has 0 spiro atoms. The topological polar surface area (TPSA) is 49.9 Å². The molecule has 1 aromatic carbocycles. The Morgan fingerprint density at radius 3 is 2.63 bits per heavy atom. The Balaban J connectivity index is 1.43. The number of carbonyl (C=O) groups is 2. The maximum absolute atomic E-state index is 13.3. The van der Waals surface area contributed by atoms with E-state index < -0.39 is 0 Å². The molecule has 5 nitrogen and oxygen atoms in total. The van der Waals surface area contributed by atoms with Gasteiger partial charge in [-0.2, -0.15) is 0 Å². The highest BCUT2D eigenvalue weighted by atomic mass is 32.1. The van der Waals surface area contributed by atoms with Crippen molar-refractivity contribution in [3.63, 3.8) is 0 Å². The summed E-state index contributed by atoms with van der Waals surface area (Å²) in [6.45, 7) is 1.99. The lowest BCUT2D eigenvalue weighted by Crippen LogP contribution is -2.52. The number of benzene rings is 1. The molecule has 0 radical (unpaired) electrons. The zero-order valence-electron chi connectivity index (χ0n) is 17.0. The zero-order chi connectivity index (χ0) is 20.9. The average Bonchev–Trinajstić information content (AvgIpc) is 3.47. The first-order chi connectivity index (χ1) is 14.6. The van der Waals surface area contributed by atoms with Gasteiger partial charge >= 0.3 is 0 Å². The van der Waals surface area contributed by atoms with E-state index in [4.69, 9.17) is 4.74 Å². The molecule has 2 aromatic rings. The van der Waals surface area contributed by atoms with Gasteiger partial charge in [0.1, 0.15) is 5.82 Å². The molecule has 1 unspecified atom stereocenters. The standard InChI is InChI=1S/C23H27FN2O3S/c24-18-9-7-17(8-10-18)23(28)26(19-4-1-2-5-19)16-20-15-25(11-12-29-20)22(27)14-21-6-3-13-30-21/h3,6-10,13,19-20H,1-2,4-5,11-12,14-16H2. The first kappa shape index (κ1) is 21.0. The van der Waals surface area contributed by atoms with Crippen molar-refractivity contribution < 1.29 is 18.7 Å². The quantitative estimate of drug-likeness (QED) is 0.702. The maximum atomic E-state index is 13.3. The highest BCUT2D eigenvalue weighted by molar-refractivity contribution is 7.10. The molecule has 0 bridgehead atoms. The molecule has 30 heavy (non-hydrogen) atoms. The first-order valence-electron chi connectivity index (χ1n) is 10.6. The Morgan fingerprint density at radius 1 is 1.17 bits per heavy atom. The molecule has 2 amide bonds. The predicted molar refractivity (Wildman–Crippen MR) is 114 cm³/mol. The van der Waals surface area contributed by atoms with Crippen LogP contribution in [0.5, 0.6) is 0 Å². The fourth-order valence-electron chi connectivity index (χ4n) is 4.32. The van der Waals surface area contributed by atoms with Crippen LogP contribution in [-0.4, -0.2) is 60.0 Å². The van der Waals surface area contributed by atoms with Crippen LogP contribution in [0, 0.1) is 5.82 Å². The van der Waals surface area contributed by atoms with Crippen LogP contribution < -0.4 is 0 Å². The smallest absolute Gasteiger partial charge is 0.254 e. The normalized spacial score (nSPS) is 19.8. The van der Waals surface area contributed by atoms with Crippen molar-refractivity contribution in [1.82, 2.24) is 9.80 Å². The van der Waals surface area contributed by atoms with Gasteiger partial charge in [0.2, 0.25) is 5.91 Å². The van der Waals surface area contributed by atoms with Gasteiger partial charge in [-0.05, 0) is 48.6 Å². The van der Waals surface area contributed by atoms with Gasteiger partial charge in [0, 0.05) is 36.1 Å². The van der Waals surface area contributed by atoms with E-state index in [2.05, 4.69) is 0 Å². The number of thiophene rings is 1. The van der Waals surface area contributed by atoms with Crippen LogP contribution in [0.15, 0.2) is 41.8 Å². The molecule has 2 heterocycles. The van der Waals surface area contributed by atoms with E-state index in [9.17, 15) is 14.0 Å². The number of hydrogen-bond donors (Lipinski definition) is 0. The lowest BCUT2D eigenvalue weighted by atomic mass is 10.1.